The first-order valence-electron chi connectivity index (χ1n) is 5.50. The Labute approximate surface area is 85.7 Å². The van der Waals surface area contributed by atoms with E-state index in [1.807, 2.05) is 12.5 Å². The van der Waals surface area contributed by atoms with Crippen LogP contribution in [-0.2, 0) is 6.54 Å². The number of imidazole rings is 1. The summed E-state index contributed by atoms with van der Waals surface area (Å²) in [6.07, 6.45) is 6.65. The van der Waals surface area contributed by atoms with Gasteiger partial charge in [-0.3, -0.25) is 4.90 Å². The highest BCUT2D eigenvalue weighted by Gasteiger charge is 2.14. The van der Waals surface area contributed by atoms with Crippen molar-refractivity contribution in [2.45, 2.75) is 39.3 Å². The van der Waals surface area contributed by atoms with Crippen molar-refractivity contribution in [2.75, 3.05) is 13.1 Å². The summed E-state index contributed by atoms with van der Waals surface area (Å²) in [5, 5.41) is 0. The molecule has 0 aliphatic carbocycles. The summed E-state index contributed by atoms with van der Waals surface area (Å²) in [5.41, 5.74) is 1.35. The van der Waals surface area contributed by atoms with E-state index < -0.39 is 0 Å². The molecule has 0 saturated carbocycles. The molecule has 14 heavy (non-hydrogen) atoms. The Kier molecular flexibility index (Phi) is 2.87. The standard InChI is InChI=1S/C11H19N3/c1-10(2)14-9-12-7-11(14)8-13-5-3-4-6-13/h7,9-10H,3-6,8H2,1-2H3. The van der Waals surface area contributed by atoms with Crippen LogP contribution in [-0.4, -0.2) is 27.5 Å². The van der Waals surface area contributed by atoms with E-state index in [0.717, 1.165) is 6.54 Å². The highest BCUT2D eigenvalue weighted by atomic mass is 15.2. The molecule has 0 spiro atoms. The van der Waals surface area contributed by atoms with E-state index in [0.29, 0.717) is 6.04 Å². The topological polar surface area (TPSA) is 21.1 Å². The fourth-order valence-electron chi connectivity index (χ4n) is 2.09. The molecule has 1 fully saturated rings. The summed E-state index contributed by atoms with van der Waals surface area (Å²) in [6.45, 7) is 7.98. The van der Waals surface area contributed by atoms with Gasteiger partial charge < -0.3 is 4.57 Å². The highest BCUT2D eigenvalue weighted by molar-refractivity contribution is 5.00. The molecule has 1 aliphatic heterocycles. The van der Waals surface area contributed by atoms with Crippen molar-refractivity contribution in [2.24, 2.45) is 0 Å². The molecule has 0 atom stereocenters. The van der Waals surface area contributed by atoms with E-state index in [1.54, 1.807) is 0 Å². The molecular formula is C11H19N3. The maximum Gasteiger partial charge on any atom is 0.0951 e. The van der Waals surface area contributed by atoms with E-state index in [4.69, 9.17) is 0 Å². The number of nitrogens with zero attached hydrogens (tertiary/aromatic N) is 3. The number of likely N-dealkylation sites (tertiary alicyclic amines) is 1. The maximum atomic E-state index is 4.22. The molecule has 3 nitrogen and oxygen atoms in total. The predicted molar refractivity (Wildman–Crippen MR) is 57.1 cm³/mol. The molecule has 0 unspecified atom stereocenters. The van der Waals surface area contributed by atoms with Crippen molar-refractivity contribution < 1.29 is 0 Å². The van der Waals surface area contributed by atoms with Gasteiger partial charge in [0.2, 0.25) is 0 Å². The fraction of sp³-hybridized carbons (Fsp3) is 0.727. The molecule has 0 amide bonds. The minimum absolute atomic E-state index is 0.523. The predicted octanol–water partition coefficient (Wildman–Crippen LogP) is 2.06. The van der Waals surface area contributed by atoms with E-state index >= 15 is 0 Å². The van der Waals surface area contributed by atoms with Crippen molar-refractivity contribution >= 4 is 0 Å². The monoisotopic (exact) mass is 193 g/mol. The first-order chi connectivity index (χ1) is 6.77. The Morgan fingerprint density at radius 1 is 1.36 bits per heavy atom. The second-order valence-electron chi connectivity index (χ2n) is 4.37. The molecular weight excluding hydrogens is 174 g/mol. The quantitative estimate of drug-likeness (QED) is 0.732. The molecule has 2 heterocycles. The molecule has 0 N–H and O–H groups in total. The lowest BCUT2D eigenvalue weighted by Gasteiger charge is -2.17. The zero-order valence-electron chi connectivity index (χ0n) is 9.11. The third kappa shape index (κ3) is 1.98. The van der Waals surface area contributed by atoms with Crippen molar-refractivity contribution in [3.63, 3.8) is 0 Å². The zero-order chi connectivity index (χ0) is 9.97. The zero-order valence-corrected chi connectivity index (χ0v) is 9.11. The summed E-state index contributed by atoms with van der Waals surface area (Å²) in [5.74, 6) is 0. The molecule has 1 aromatic heterocycles. The molecule has 1 saturated heterocycles. The van der Waals surface area contributed by atoms with E-state index in [1.165, 1.54) is 31.6 Å². The van der Waals surface area contributed by atoms with Crippen LogP contribution in [0.25, 0.3) is 0 Å². The van der Waals surface area contributed by atoms with Gasteiger partial charge in [-0.2, -0.15) is 0 Å². The molecule has 3 heteroatoms. The third-order valence-electron chi connectivity index (χ3n) is 2.89. The molecule has 0 bridgehead atoms. The van der Waals surface area contributed by atoms with Crippen LogP contribution in [0, 0.1) is 0 Å². The third-order valence-corrected chi connectivity index (χ3v) is 2.89. The Bertz CT molecular complexity index is 284. The van der Waals surface area contributed by atoms with Gasteiger partial charge in [-0.15, -0.1) is 0 Å². The van der Waals surface area contributed by atoms with Crippen molar-refractivity contribution in [3.8, 4) is 0 Å². The molecule has 0 radical (unpaired) electrons. The second kappa shape index (κ2) is 4.13. The number of hydrogen-bond donors (Lipinski definition) is 0. The first kappa shape index (κ1) is 9.71. The van der Waals surface area contributed by atoms with Crippen LogP contribution in [0.3, 0.4) is 0 Å². The van der Waals surface area contributed by atoms with Crippen LogP contribution in [0.2, 0.25) is 0 Å². The van der Waals surface area contributed by atoms with Gasteiger partial charge >= 0.3 is 0 Å². The van der Waals surface area contributed by atoms with Crippen molar-refractivity contribution in [1.82, 2.24) is 14.5 Å². The average molecular weight is 193 g/mol. The van der Waals surface area contributed by atoms with Gasteiger partial charge in [0.25, 0.3) is 0 Å². The van der Waals surface area contributed by atoms with Gasteiger partial charge in [0, 0.05) is 18.8 Å². The van der Waals surface area contributed by atoms with E-state index in [-0.39, 0.29) is 0 Å². The smallest absolute Gasteiger partial charge is 0.0951 e. The minimum atomic E-state index is 0.523. The Morgan fingerprint density at radius 3 is 2.71 bits per heavy atom. The lowest BCUT2D eigenvalue weighted by molar-refractivity contribution is 0.318. The van der Waals surface area contributed by atoms with Crippen LogP contribution >= 0.6 is 0 Å². The Hall–Kier alpha value is -0.830. The summed E-state index contributed by atoms with van der Waals surface area (Å²) >= 11 is 0. The van der Waals surface area contributed by atoms with Crippen LogP contribution in [0.5, 0.6) is 0 Å². The lowest BCUT2D eigenvalue weighted by Crippen LogP contribution is -2.20. The lowest BCUT2D eigenvalue weighted by atomic mass is 10.3. The van der Waals surface area contributed by atoms with E-state index in [9.17, 15) is 0 Å². The molecule has 0 aromatic carbocycles. The van der Waals surface area contributed by atoms with E-state index in [2.05, 4.69) is 28.3 Å². The summed E-state index contributed by atoms with van der Waals surface area (Å²) < 4.78 is 2.26. The molecule has 1 aliphatic rings. The number of aromatic nitrogens is 2. The molecule has 1 aromatic rings. The van der Waals surface area contributed by atoms with Gasteiger partial charge in [0.05, 0.1) is 12.0 Å². The van der Waals surface area contributed by atoms with Crippen molar-refractivity contribution in [1.29, 1.82) is 0 Å². The van der Waals surface area contributed by atoms with Gasteiger partial charge in [0.15, 0.2) is 0 Å². The van der Waals surface area contributed by atoms with Crippen LogP contribution < -0.4 is 0 Å². The van der Waals surface area contributed by atoms with Crippen LogP contribution in [0.15, 0.2) is 12.5 Å². The first-order valence-corrected chi connectivity index (χ1v) is 5.50. The summed E-state index contributed by atoms with van der Waals surface area (Å²) in [6, 6.07) is 0.523. The van der Waals surface area contributed by atoms with Gasteiger partial charge in [-0.1, -0.05) is 0 Å². The SMILES string of the molecule is CC(C)n1cncc1CN1CCCC1. The maximum absolute atomic E-state index is 4.22. The second-order valence-corrected chi connectivity index (χ2v) is 4.37. The molecule has 78 valence electrons. The Balaban J connectivity index is 2.04. The number of hydrogen-bond acceptors (Lipinski definition) is 2. The minimum Gasteiger partial charge on any atom is -0.331 e. The largest absolute Gasteiger partial charge is 0.331 e. The fourth-order valence-corrected chi connectivity index (χ4v) is 2.09. The summed E-state index contributed by atoms with van der Waals surface area (Å²) in [4.78, 5) is 6.73. The average Bonchev–Trinajstić information content (AvgIpc) is 2.75. The van der Waals surface area contributed by atoms with Crippen LogP contribution in [0.4, 0.5) is 0 Å². The van der Waals surface area contributed by atoms with Crippen LogP contribution in [0.1, 0.15) is 38.4 Å². The highest BCUT2D eigenvalue weighted by Crippen LogP contribution is 2.15. The molecule has 2 rings (SSSR count). The van der Waals surface area contributed by atoms with Gasteiger partial charge in [-0.05, 0) is 39.8 Å². The van der Waals surface area contributed by atoms with Gasteiger partial charge in [0.1, 0.15) is 0 Å². The van der Waals surface area contributed by atoms with Crippen molar-refractivity contribution in [3.05, 3.63) is 18.2 Å². The normalized spacial score (nSPS) is 18.2. The number of rotatable bonds is 3. The Morgan fingerprint density at radius 2 is 2.07 bits per heavy atom. The summed E-state index contributed by atoms with van der Waals surface area (Å²) in [7, 11) is 0. The van der Waals surface area contributed by atoms with Gasteiger partial charge in [-0.25, -0.2) is 4.98 Å².